The monoisotopic (exact) mass is 462 g/mol. The highest BCUT2D eigenvalue weighted by molar-refractivity contribution is 6.00. The van der Waals surface area contributed by atoms with E-state index in [0.29, 0.717) is 0 Å². The second-order valence-corrected chi connectivity index (χ2v) is 8.36. The van der Waals surface area contributed by atoms with Crippen molar-refractivity contribution in [3.05, 3.63) is 91.0 Å². The van der Waals surface area contributed by atoms with Gasteiger partial charge in [-0.3, -0.25) is 4.79 Å². The molecule has 0 aliphatic heterocycles. The molecule has 0 saturated heterocycles. The van der Waals surface area contributed by atoms with E-state index in [1.165, 1.54) is 6.92 Å². The minimum Gasteiger partial charge on any atom is -0.497 e. The fourth-order valence-corrected chi connectivity index (χ4v) is 4.29. The van der Waals surface area contributed by atoms with Gasteiger partial charge >= 0.3 is 0 Å². The average Bonchev–Trinajstić information content (AvgIpc) is 3.27. The molecule has 0 saturated carbocycles. The Morgan fingerprint density at radius 3 is 2.49 bits per heavy atom. The summed E-state index contributed by atoms with van der Waals surface area (Å²) in [6.07, 6.45) is 4.55. The highest BCUT2D eigenvalue weighted by Crippen LogP contribution is 2.36. The van der Waals surface area contributed by atoms with Gasteiger partial charge < -0.3 is 14.6 Å². The van der Waals surface area contributed by atoms with Gasteiger partial charge in [0.15, 0.2) is 0 Å². The third kappa shape index (κ3) is 4.51. The minimum absolute atomic E-state index is 0.0956. The van der Waals surface area contributed by atoms with Crippen LogP contribution in [0.1, 0.15) is 19.5 Å². The predicted molar refractivity (Wildman–Crippen MR) is 140 cm³/mol. The van der Waals surface area contributed by atoms with E-state index >= 15 is 0 Å². The zero-order chi connectivity index (χ0) is 24.4. The topological polar surface area (TPSA) is 69.0 Å². The molecular formula is C29H26N4O2. The number of rotatable bonds is 6. The van der Waals surface area contributed by atoms with Crippen LogP contribution in [0.2, 0.25) is 0 Å². The van der Waals surface area contributed by atoms with Gasteiger partial charge in [-0.25, -0.2) is 9.97 Å². The second kappa shape index (κ2) is 9.43. The number of methoxy groups -OCH3 is 1. The van der Waals surface area contributed by atoms with Crippen molar-refractivity contribution in [1.82, 2.24) is 14.5 Å². The molecule has 3 aromatic carbocycles. The summed E-state index contributed by atoms with van der Waals surface area (Å²) in [5, 5.41) is 3.98. The lowest BCUT2D eigenvalue weighted by atomic mass is 10.0. The van der Waals surface area contributed by atoms with E-state index < -0.39 is 0 Å². The summed E-state index contributed by atoms with van der Waals surface area (Å²) < 4.78 is 7.43. The molecule has 5 aromatic rings. The Labute approximate surface area is 204 Å². The van der Waals surface area contributed by atoms with E-state index in [9.17, 15) is 4.79 Å². The number of nitrogens with one attached hydrogen (secondary N) is 1. The van der Waals surface area contributed by atoms with Gasteiger partial charge in [0.25, 0.3) is 0 Å². The Morgan fingerprint density at radius 1 is 0.943 bits per heavy atom. The summed E-state index contributed by atoms with van der Waals surface area (Å²) in [7, 11) is 1.67. The normalized spacial score (nSPS) is 10.9. The minimum atomic E-state index is -0.0956. The molecule has 6 heteroatoms. The van der Waals surface area contributed by atoms with Crippen LogP contribution in [0.25, 0.3) is 39.0 Å². The quantitative estimate of drug-likeness (QED) is 0.322. The van der Waals surface area contributed by atoms with E-state index in [-0.39, 0.29) is 5.91 Å². The SMILES string of the molecule is CCc1cc(-n2cc(-c3cccc(NC(C)=O)c3)c3ccc(-c4ccc(OC)cc4)cc32)ncn1. The first kappa shape index (κ1) is 22.3. The van der Waals surface area contributed by atoms with Gasteiger partial charge in [-0.05, 0) is 53.4 Å². The summed E-state index contributed by atoms with van der Waals surface area (Å²) in [4.78, 5) is 20.5. The molecule has 0 unspecified atom stereocenters. The number of carbonyl (C=O) groups excluding carboxylic acids is 1. The third-order valence-electron chi connectivity index (χ3n) is 6.04. The van der Waals surface area contributed by atoms with Crippen molar-refractivity contribution in [2.24, 2.45) is 0 Å². The summed E-state index contributed by atoms with van der Waals surface area (Å²) in [5.41, 5.74) is 7.07. The van der Waals surface area contributed by atoms with E-state index in [2.05, 4.69) is 69.4 Å². The maximum atomic E-state index is 11.6. The zero-order valence-corrected chi connectivity index (χ0v) is 19.9. The summed E-state index contributed by atoms with van der Waals surface area (Å²) in [6, 6.07) is 24.4. The van der Waals surface area contributed by atoms with Crippen LogP contribution in [-0.2, 0) is 11.2 Å². The van der Waals surface area contributed by atoms with Crippen molar-refractivity contribution < 1.29 is 9.53 Å². The summed E-state index contributed by atoms with van der Waals surface area (Å²) in [6.45, 7) is 3.60. The first-order chi connectivity index (χ1) is 17.1. The van der Waals surface area contributed by atoms with Gasteiger partial charge in [0.1, 0.15) is 17.9 Å². The van der Waals surface area contributed by atoms with Crippen molar-refractivity contribution in [2.45, 2.75) is 20.3 Å². The van der Waals surface area contributed by atoms with Gasteiger partial charge in [-0.2, -0.15) is 0 Å². The molecule has 0 aliphatic carbocycles. The van der Waals surface area contributed by atoms with Crippen LogP contribution >= 0.6 is 0 Å². The first-order valence-corrected chi connectivity index (χ1v) is 11.5. The van der Waals surface area contributed by atoms with E-state index in [1.807, 2.05) is 36.4 Å². The Balaban J connectivity index is 1.70. The van der Waals surface area contributed by atoms with Gasteiger partial charge in [-0.1, -0.05) is 43.3 Å². The van der Waals surface area contributed by atoms with Crippen LogP contribution in [0.5, 0.6) is 5.75 Å². The van der Waals surface area contributed by atoms with Gasteiger partial charge in [0, 0.05) is 41.5 Å². The van der Waals surface area contributed by atoms with Gasteiger partial charge in [0.2, 0.25) is 5.91 Å². The number of hydrogen-bond donors (Lipinski definition) is 1. The summed E-state index contributed by atoms with van der Waals surface area (Å²) in [5.74, 6) is 1.55. The number of fused-ring (bicyclic) bond motifs is 1. The Bertz CT molecular complexity index is 1520. The lowest BCUT2D eigenvalue weighted by Gasteiger charge is -2.08. The maximum absolute atomic E-state index is 11.6. The average molecular weight is 463 g/mol. The zero-order valence-electron chi connectivity index (χ0n) is 19.9. The number of ether oxygens (including phenoxy) is 1. The van der Waals surface area contributed by atoms with E-state index in [4.69, 9.17) is 4.74 Å². The van der Waals surface area contributed by atoms with Crippen LogP contribution in [0.3, 0.4) is 0 Å². The lowest BCUT2D eigenvalue weighted by Crippen LogP contribution is -2.05. The molecule has 0 atom stereocenters. The number of carbonyl (C=O) groups is 1. The molecule has 0 aliphatic rings. The molecule has 0 spiro atoms. The second-order valence-electron chi connectivity index (χ2n) is 8.36. The highest BCUT2D eigenvalue weighted by atomic mass is 16.5. The van der Waals surface area contributed by atoms with E-state index in [1.54, 1.807) is 13.4 Å². The molecule has 1 N–H and O–H groups in total. The number of anilines is 1. The third-order valence-corrected chi connectivity index (χ3v) is 6.04. The van der Waals surface area contributed by atoms with Crippen molar-refractivity contribution in [1.29, 1.82) is 0 Å². The van der Waals surface area contributed by atoms with Crippen molar-refractivity contribution >= 4 is 22.5 Å². The molecule has 5 rings (SSSR count). The molecule has 1 amide bonds. The van der Waals surface area contributed by atoms with Crippen molar-refractivity contribution in [2.75, 3.05) is 12.4 Å². The van der Waals surface area contributed by atoms with Crippen LogP contribution in [0.4, 0.5) is 5.69 Å². The molecule has 2 aromatic heterocycles. The molecule has 0 bridgehead atoms. The number of nitrogens with zero attached hydrogens (tertiary/aromatic N) is 3. The maximum Gasteiger partial charge on any atom is 0.221 e. The fraction of sp³-hybridized carbons (Fsp3) is 0.138. The number of aromatic nitrogens is 3. The van der Waals surface area contributed by atoms with Crippen LogP contribution in [0.15, 0.2) is 85.3 Å². The number of benzene rings is 3. The number of aryl methyl sites for hydroxylation is 1. The molecular weight excluding hydrogens is 436 g/mol. The Hall–Kier alpha value is -4.45. The highest BCUT2D eigenvalue weighted by Gasteiger charge is 2.15. The van der Waals surface area contributed by atoms with Crippen LogP contribution in [-0.4, -0.2) is 27.6 Å². The lowest BCUT2D eigenvalue weighted by molar-refractivity contribution is -0.114. The van der Waals surface area contributed by atoms with Crippen molar-refractivity contribution in [3.8, 4) is 33.8 Å². The molecule has 6 nitrogen and oxygen atoms in total. The van der Waals surface area contributed by atoms with Gasteiger partial charge in [0.05, 0.1) is 12.6 Å². The van der Waals surface area contributed by atoms with E-state index in [0.717, 1.165) is 62.5 Å². The Morgan fingerprint density at radius 2 is 1.74 bits per heavy atom. The Kier molecular flexibility index (Phi) is 6.02. The smallest absolute Gasteiger partial charge is 0.221 e. The molecule has 2 heterocycles. The number of amides is 1. The van der Waals surface area contributed by atoms with Crippen LogP contribution < -0.4 is 10.1 Å². The standard InChI is InChI=1S/C29H26N4O2/c1-4-23-16-29(31-18-30-23)33-17-27(22-6-5-7-24(14-22)32-19(2)34)26-13-10-21(15-28(26)33)20-8-11-25(35-3)12-9-20/h5-18H,4H2,1-3H3,(H,32,34). The number of hydrogen-bond acceptors (Lipinski definition) is 4. The fourth-order valence-electron chi connectivity index (χ4n) is 4.29. The molecule has 0 fully saturated rings. The summed E-state index contributed by atoms with van der Waals surface area (Å²) >= 11 is 0. The van der Waals surface area contributed by atoms with Crippen LogP contribution in [0, 0.1) is 0 Å². The predicted octanol–water partition coefficient (Wildman–Crippen LogP) is 6.28. The van der Waals surface area contributed by atoms with Crippen molar-refractivity contribution in [3.63, 3.8) is 0 Å². The van der Waals surface area contributed by atoms with Gasteiger partial charge in [-0.15, -0.1) is 0 Å². The largest absolute Gasteiger partial charge is 0.497 e. The molecule has 35 heavy (non-hydrogen) atoms. The molecule has 174 valence electrons. The molecule has 0 radical (unpaired) electrons. The first-order valence-electron chi connectivity index (χ1n) is 11.5.